The molecule has 1 saturated carbocycles. The third kappa shape index (κ3) is 1.42. The molecule has 64 valence electrons. The predicted molar refractivity (Wildman–Crippen MR) is 46.1 cm³/mol. The van der Waals surface area contributed by atoms with Gasteiger partial charge in [-0.2, -0.15) is 0 Å². The molecule has 2 heteroatoms. The minimum atomic E-state index is 1.01. The molecule has 2 atom stereocenters. The van der Waals surface area contributed by atoms with Crippen molar-refractivity contribution in [2.45, 2.75) is 25.7 Å². The Labute approximate surface area is 68.9 Å². The molecule has 0 bridgehead atoms. The van der Waals surface area contributed by atoms with Gasteiger partial charge in [-0.25, -0.2) is 5.01 Å². The highest BCUT2D eigenvalue weighted by Crippen LogP contribution is 2.34. The van der Waals surface area contributed by atoms with Crippen molar-refractivity contribution in [1.82, 2.24) is 10.4 Å². The first-order valence-corrected chi connectivity index (χ1v) is 4.82. The number of hydrazine groups is 1. The Hall–Kier alpha value is -0.0800. The Morgan fingerprint density at radius 2 is 1.64 bits per heavy atom. The first kappa shape index (κ1) is 7.56. The van der Waals surface area contributed by atoms with Crippen LogP contribution in [0.25, 0.3) is 0 Å². The van der Waals surface area contributed by atoms with Gasteiger partial charge < -0.3 is 0 Å². The molecule has 0 radical (unpaired) electrons. The first-order valence-electron chi connectivity index (χ1n) is 4.82. The van der Waals surface area contributed by atoms with Crippen molar-refractivity contribution >= 4 is 0 Å². The SMILES string of the molecule is CNN1CC2CCCC[C@H]2C1. The van der Waals surface area contributed by atoms with Gasteiger partial charge in [0, 0.05) is 13.1 Å². The number of hydrogen-bond donors (Lipinski definition) is 1. The normalized spacial score (nSPS) is 39.0. The van der Waals surface area contributed by atoms with Crippen LogP contribution in [0.15, 0.2) is 0 Å². The lowest BCUT2D eigenvalue weighted by atomic mass is 9.82. The molecule has 0 spiro atoms. The van der Waals surface area contributed by atoms with Crippen LogP contribution in [0.3, 0.4) is 0 Å². The smallest absolute Gasteiger partial charge is 0.0162 e. The number of rotatable bonds is 1. The Morgan fingerprint density at radius 1 is 1.09 bits per heavy atom. The van der Waals surface area contributed by atoms with Crippen LogP contribution in [-0.4, -0.2) is 25.1 Å². The second kappa shape index (κ2) is 3.11. The molecule has 11 heavy (non-hydrogen) atoms. The highest BCUT2D eigenvalue weighted by Gasteiger charge is 2.33. The van der Waals surface area contributed by atoms with Gasteiger partial charge in [-0.05, 0) is 31.7 Å². The summed E-state index contributed by atoms with van der Waals surface area (Å²) in [5, 5.41) is 2.38. The fourth-order valence-corrected chi connectivity index (χ4v) is 2.59. The summed E-state index contributed by atoms with van der Waals surface area (Å²) in [6.45, 7) is 2.59. The van der Waals surface area contributed by atoms with E-state index >= 15 is 0 Å². The molecule has 2 nitrogen and oxygen atoms in total. The molecule has 1 saturated heterocycles. The van der Waals surface area contributed by atoms with Crippen LogP contribution in [0, 0.1) is 11.8 Å². The number of fused-ring (bicyclic) bond motifs is 1. The molecule has 2 fully saturated rings. The molecule has 1 aliphatic heterocycles. The second-order valence-corrected chi connectivity index (χ2v) is 3.93. The molecular weight excluding hydrogens is 136 g/mol. The van der Waals surface area contributed by atoms with Gasteiger partial charge in [-0.3, -0.25) is 5.43 Å². The van der Waals surface area contributed by atoms with Crippen molar-refractivity contribution in [3.8, 4) is 0 Å². The Morgan fingerprint density at radius 3 is 2.09 bits per heavy atom. The van der Waals surface area contributed by atoms with E-state index in [4.69, 9.17) is 0 Å². The van der Waals surface area contributed by atoms with Gasteiger partial charge in [-0.1, -0.05) is 12.8 Å². The largest absolute Gasteiger partial charge is 0.258 e. The van der Waals surface area contributed by atoms with Crippen LogP contribution in [0.5, 0.6) is 0 Å². The topological polar surface area (TPSA) is 15.3 Å². The van der Waals surface area contributed by atoms with E-state index in [1.54, 1.807) is 0 Å². The molecule has 1 unspecified atom stereocenters. The summed E-state index contributed by atoms with van der Waals surface area (Å²) in [4.78, 5) is 0. The van der Waals surface area contributed by atoms with Crippen LogP contribution in [0.1, 0.15) is 25.7 Å². The number of nitrogens with one attached hydrogen (secondary N) is 1. The molecule has 0 aromatic carbocycles. The highest BCUT2D eigenvalue weighted by atomic mass is 15.5. The molecule has 0 aromatic heterocycles. The average Bonchev–Trinajstić information content (AvgIpc) is 2.46. The zero-order chi connectivity index (χ0) is 7.68. The van der Waals surface area contributed by atoms with Gasteiger partial charge in [0.2, 0.25) is 0 Å². The lowest BCUT2D eigenvalue weighted by Crippen LogP contribution is -2.32. The summed E-state index contributed by atoms with van der Waals surface area (Å²) in [5.74, 6) is 2.02. The lowest BCUT2D eigenvalue weighted by Gasteiger charge is -2.22. The monoisotopic (exact) mass is 154 g/mol. The summed E-state index contributed by atoms with van der Waals surface area (Å²) in [5.41, 5.74) is 3.25. The van der Waals surface area contributed by atoms with Crippen LogP contribution in [0.2, 0.25) is 0 Å². The van der Waals surface area contributed by atoms with Crippen LogP contribution in [0.4, 0.5) is 0 Å². The molecular formula is C9H18N2. The minimum absolute atomic E-state index is 1.01. The van der Waals surface area contributed by atoms with Crippen molar-refractivity contribution < 1.29 is 0 Å². The van der Waals surface area contributed by atoms with Gasteiger partial charge in [0.05, 0.1) is 0 Å². The molecule has 0 amide bonds. The third-order valence-electron chi connectivity index (χ3n) is 3.29. The van der Waals surface area contributed by atoms with Crippen molar-refractivity contribution in [3.63, 3.8) is 0 Å². The summed E-state index contributed by atoms with van der Waals surface area (Å²) in [7, 11) is 2.04. The zero-order valence-corrected chi connectivity index (χ0v) is 7.34. The number of hydrogen-bond acceptors (Lipinski definition) is 2. The maximum atomic E-state index is 3.25. The Balaban J connectivity index is 1.92. The standard InChI is InChI=1S/C9H18N2/c1-10-11-6-8-4-2-3-5-9(8)7-11/h8-10H,2-7H2,1H3/t8-,9?/m0/s1. The molecule has 0 aromatic rings. The maximum Gasteiger partial charge on any atom is 0.0162 e. The van der Waals surface area contributed by atoms with E-state index in [0.29, 0.717) is 0 Å². The van der Waals surface area contributed by atoms with Crippen LogP contribution >= 0.6 is 0 Å². The molecule has 1 aliphatic carbocycles. The predicted octanol–water partition coefficient (Wildman–Crippen LogP) is 1.24. The summed E-state index contributed by atoms with van der Waals surface area (Å²) in [6.07, 6.45) is 5.89. The number of nitrogens with zero attached hydrogens (tertiary/aromatic N) is 1. The summed E-state index contributed by atoms with van der Waals surface area (Å²) in [6, 6.07) is 0. The third-order valence-corrected chi connectivity index (χ3v) is 3.29. The summed E-state index contributed by atoms with van der Waals surface area (Å²) >= 11 is 0. The molecule has 2 aliphatic rings. The van der Waals surface area contributed by atoms with Gasteiger partial charge in [0.15, 0.2) is 0 Å². The maximum absolute atomic E-state index is 3.25. The fourth-order valence-electron chi connectivity index (χ4n) is 2.59. The average molecular weight is 154 g/mol. The van der Waals surface area contributed by atoms with Gasteiger partial charge >= 0.3 is 0 Å². The molecule has 1 N–H and O–H groups in total. The van der Waals surface area contributed by atoms with Crippen molar-refractivity contribution in [3.05, 3.63) is 0 Å². The Kier molecular flexibility index (Phi) is 2.14. The van der Waals surface area contributed by atoms with Gasteiger partial charge in [0.25, 0.3) is 0 Å². The quantitative estimate of drug-likeness (QED) is 0.611. The van der Waals surface area contributed by atoms with Crippen LogP contribution < -0.4 is 5.43 Å². The minimum Gasteiger partial charge on any atom is -0.258 e. The highest BCUT2D eigenvalue weighted by molar-refractivity contribution is 4.84. The van der Waals surface area contributed by atoms with E-state index in [1.165, 1.54) is 38.8 Å². The lowest BCUT2D eigenvalue weighted by molar-refractivity contribution is 0.247. The first-order chi connectivity index (χ1) is 5.40. The summed E-state index contributed by atoms with van der Waals surface area (Å²) < 4.78 is 0. The van der Waals surface area contributed by atoms with E-state index in [-0.39, 0.29) is 0 Å². The zero-order valence-electron chi connectivity index (χ0n) is 7.34. The molecule has 1 heterocycles. The van der Waals surface area contributed by atoms with Crippen molar-refractivity contribution in [1.29, 1.82) is 0 Å². The molecule has 2 rings (SSSR count). The van der Waals surface area contributed by atoms with Gasteiger partial charge in [-0.15, -0.1) is 0 Å². The van der Waals surface area contributed by atoms with Crippen molar-refractivity contribution in [2.75, 3.05) is 20.1 Å². The van der Waals surface area contributed by atoms with E-state index in [0.717, 1.165) is 11.8 Å². The second-order valence-electron chi connectivity index (χ2n) is 3.93. The van der Waals surface area contributed by atoms with E-state index < -0.39 is 0 Å². The van der Waals surface area contributed by atoms with Crippen molar-refractivity contribution in [2.24, 2.45) is 11.8 Å². The fraction of sp³-hybridized carbons (Fsp3) is 1.00. The van der Waals surface area contributed by atoms with E-state index in [2.05, 4.69) is 10.4 Å². The van der Waals surface area contributed by atoms with E-state index in [1.807, 2.05) is 7.05 Å². The van der Waals surface area contributed by atoms with E-state index in [9.17, 15) is 0 Å². The van der Waals surface area contributed by atoms with Crippen LogP contribution in [-0.2, 0) is 0 Å². The Bertz CT molecular complexity index is 122. The van der Waals surface area contributed by atoms with Gasteiger partial charge in [0.1, 0.15) is 0 Å².